The van der Waals surface area contributed by atoms with Crippen molar-refractivity contribution in [1.82, 2.24) is 4.98 Å². The van der Waals surface area contributed by atoms with Crippen LogP contribution in [0.4, 0.5) is 5.82 Å². The van der Waals surface area contributed by atoms with Crippen molar-refractivity contribution in [2.45, 2.75) is 25.9 Å². The minimum absolute atomic E-state index is 0.155. The van der Waals surface area contributed by atoms with Crippen molar-refractivity contribution in [3.8, 4) is 5.75 Å². The second-order valence-corrected chi connectivity index (χ2v) is 6.30. The molecule has 0 aliphatic heterocycles. The fraction of sp³-hybridized carbons (Fsp3) is 0.278. The standard InChI is InChI=1S/C18H18Cl2N2O4/c1-11(18(24)22-17-15(20)9-13(19)10-21-17)26-16(23)8-5-12-3-6-14(25-2)7-4-12/h3-4,6-7,9-11H,5,8H2,1-2H3,(H,21,22,24)/t11-/m1/s1. The molecule has 0 radical (unpaired) electrons. The van der Waals surface area contributed by atoms with Crippen LogP contribution >= 0.6 is 23.2 Å². The van der Waals surface area contributed by atoms with Crippen LogP contribution in [-0.4, -0.2) is 30.1 Å². The number of nitrogens with one attached hydrogen (secondary N) is 1. The first kappa shape index (κ1) is 20.0. The van der Waals surface area contributed by atoms with Gasteiger partial charge in [-0.3, -0.25) is 9.59 Å². The molecule has 1 atom stereocenters. The van der Waals surface area contributed by atoms with E-state index in [2.05, 4.69) is 10.3 Å². The number of pyridine rings is 1. The van der Waals surface area contributed by atoms with E-state index in [1.54, 1.807) is 7.11 Å². The molecule has 0 saturated heterocycles. The Morgan fingerprint density at radius 2 is 1.92 bits per heavy atom. The van der Waals surface area contributed by atoms with Crippen LogP contribution < -0.4 is 10.1 Å². The number of aromatic nitrogens is 1. The maximum Gasteiger partial charge on any atom is 0.306 e. The molecule has 2 rings (SSSR count). The van der Waals surface area contributed by atoms with Gasteiger partial charge in [-0.25, -0.2) is 4.98 Å². The summed E-state index contributed by atoms with van der Waals surface area (Å²) in [6.07, 6.45) is 1.03. The number of carbonyl (C=O) groups excluding carboxylic acids is 2. The van der Waals surface area contributed by atoms with E-state index >= 15 is 0 Å². The van der Waals surface area contributed by atoms with Crippen molar-refractivity contribution in [3.63, 3.8) is 0 Å². The van der Waals surface area contributed by atoms with Crippen molar-refractivity contribution in [2.75, 3.05) is 12.4 Å². The summed E-state index contributed by atoms with van der Waals surface area (Å²) in [5.74, 6) is -0.101. The van der Waals surface area contributed by atoms with Crippen molar-refractivity contribution < 1.29 is 19.1 Å². The van der Waals surface area contributed by atoms with Crippen molar-refractivity contribution in [3.05, 3.63) is 52.1 Å². The second-order valence-electron chi connectivity index (χ2n) is 5.45. The predicted molar refractivity (Wildman–Crippen MR) is 99.8 cm³/mol. The number of aryl methyl sites for hydroxylation is 1. The molecule has 0 fully saturated rings. The minimum Gasteiger partial charge on any atom is -0.497 e. The number of benzene rings is 1. The largest absolute Gasteiger partial charge is 0.497 e. The number of halogens is 2. The summed E-state index contributed by atoms with van der Waals surface area (Å²) in [6, 6.07) is 8.84. The number of rotatable bonds is 7. The Labute approximate surface area is 161 Å². The zero-order valence-electron chi connectivity index (χ0n) is 14.3. The summed E-state index contributed by atoms with van der Waals surface area (Å²) in [5.41, 5.74) is 0.969. The molecule has 6 nitrogen and oxygen atoms in total. The maximum absolute atomic E-state index is 12.1. The number of carbonyl (C=O) groups is 2. The Morgan fingerprint density at radius 3 is 2.54 bits per heavy atom. The lowest BCUT2D eigenvalue weighted by Crippen LogP contribution is -2.30. The van der Waals surface area contributed by atoms with E-state index in [9.17, 15) is 9.59 Å². The average Bonchev–Trinajstić information content (AvgIpc) is 2.62. The lowest BCUT2D eigenvalue weighted by Gasteiger charge is -2.14. The third-order valence-corrected chi connectivity index (χ3v) is 4.00. The molecule has 1 aromatic heterocycles. The van der Waals surface area contributed by atoms with Gasteiger partial charge in [-0.15, -0.1) is 0 Å². The Bertz CT molecular complexity index is 781. The summed E-state index contributed by atoms with van der Waals surface area (Å²) in [5, 5.41) is 3.05. The molecular weight excluding hydrogens is 379 g/mol. The number of hydrogen-bond donors (Lipinski definition) is 1. The normalized spacial score (nSPS) is 11.5. The zero-order valence-corrected chi connectivity index (χ0v) is 15.8. The number of methoxy groups -OCH3 is 1. The SMILES string of the molecule is COc1ccc(CCC(=O)O[C@H](C)C(=O)Nc2ncc(Cl)cc2Cl)cc1. The van der Waals surface area contributed by atoms with E-state index in [4.69, 9.17) is 32.7 Å². The van der Waals surface area contributed by atoms with Gasteiger partial charge in [0, 0.05) is 12.6 Å². The smallest absolute Gasteiger partial charge is 0.306 e. The molecule has 0 aliphatic rings. The first-order valence-corrected chi connectivity index (χ1v) is 8.59. The van der Waals surface area contributed by atoms with E-state index in [0.717, 1.165) is 11.3 Å². The van der Waals surface area contributed by atoms with E-state index in [-0.39, 0.29) is 17.3 Å². The van der Waals surface area contributed by atoms with Crippen LogP contribution in [-0.2, 0) is 20.7 Å². The quantitative estimate of drug-likeness (QED) is 0.717. The number of nitrogens with zero attached hydrogens (tertiary/aromatic N) is 1. The van der Waals surface area contributed by atoms with Crippen LogP contribution in [0, 0.1) is 0 Å². The van der Waals surface area contributed by atoms with Crippen LogP contribution in [0.3, 0.4) is 0 Å². The molecule has 1 heterocycles. The van der Waals surface area contributed by atoms with Gasteiger partial charge in [0.25, 0.3) is 5.91 Å². The zero-order chi connectivity index (χ0) is 19.1. The highest BCUT2D eigenvalue weighted by molar-refractivity contribution is 6.36. The number of anilines is 1. The molecule has 0 unspecified atom stereocenters. The van der Waals surface area contributed by atoms with Gasteiger partial charge in [-0.05, 0) is 37.1 Å². The van der Waals surface area contributed by atoms with Crippen molar-refractivity contribution >= 4 is 40.9 Å². The molecule has 0 aliphatic carbocycles. The monoisotopic (exact) mass is 396 g/mol. The van der Waals surface area contributed by atoms with Gasteiger partial charge in [0.15, 0.2) is 11.9 Å². The van der Waals surface area contributed by atoms with Gasteiger partial charge in [0.1, 0.15) is 5.75 Å². The molecule has 8 heteroatoms. The van der Waals surface area contributed by atoms with E-state index in [1.165, 1.54) is 19.2 Å². The Hall–Kier alpha value is -2.31. The maximum atomic E-state index is 12.1. The topological polar surface area (TPSA) is 77.5 Å². The minimum atomic E-state index is -0.980. The molecular formula is C18H18Cl2N2O4. The number of esters is 1. The molecule has 2 aromatic rings. The Balaban J connectivity index is 1.82. The highest BCUT2D eigenvalue weighted by atomic mass is 35.5. The summed E-state index contributed by atoms with van der Waals surface area (Å²) >= 11 is 11.7. The van der Waals surface area contributed by atoms with Crippen LogP contribution in [0.1, 0.15) is 18.9 Å². The van der Waals surface area contributed by atoms with Gasteiger partial charge < -0.3 is 14.8 Å². The lowest BCUT2D eigenvalue weighted by atomic mass is 10.1. The van der Waals surface area contributed by atoms with Crippen LogP contribution in [0.2, 0.25) is 10.0 Å². The second kappa shape index (κ2) is 9.40. The summed E-state index contributed by atoms with van der Waals surface area (Å²) in [6.45, 7) is 1.48. The first-order chi connectivity index (χ1) is 12.4. The van der Waals surface area contributed by atoms with Crippen LogP contribution in [0.15, 0.2) is 36.5 Å². The summed E-state index contributed by atoms with van der Waals surface area (Å²) in [7, 11) is 1.59. The number of amides is 1. The summed E-state index contributed by atoms with van der Waals surface area (Å²) < 4.78 is 10.2. The van der Waals surface area contributed by atoms with Crippen LogP contribution in [0.25, 0.3) is 0 Å². The van der Waals surface area contributed by atoms with Crippen molar-refractivity contribution in [1.29, 1.82) is 0 Å². The fourth-order valence-electron chi connectivity index (χ4n) is 2.07. The first-order valence-electron chi connectivity index (χ1n) is 7.83. The fourth-order valence-corrected chi connectivity index (χ4v) is 2.50. The Kier molecular flexibility index (Phi) is 7.24. The molecule has 0 saturated carbocycles. The third kappa shape index (κ3) is 5.89. The molecule has 138 valence electrons. The molecule has 1 aromatic carbocycles. The number of hydrogen-bond acceptors (Lipinski definition) is 5. The molecule has 1 N–H and O–H groups in total. The third-order valence-electron chi connectivity index (χ3n) is 3.50. The van der Waals surface area contributed by atoms with Crippen LogP contribution in [0.5, 0.6) is 5.75 Å². The van der Waals surface area contributed by atoms with Gasteiger partial charge in [-0.1, -0.05) is 35.3 Å². The van der Waals surface area contributed by atoms with E-state index in [1.807, 2.05) is 24.3 Å². The van der Waals surface area contributed by atoms with E-state index in [0.29, 0.717) is 11.4 Å². The molecule has 0 spiro atoms. The van der Waals surface area contributed by atoms with E-state index < -0.39 is 18.0 Å². The highest BCUT2D eigenvalue weighted by Gasteiger charge is 2.19. The van der Waals surface area contributed by atoms with Crippen molar-refractivity contribution in [2.24, 2.45) is 0 Å². The average molecular weight is 397 g/mol. The molecule has 1 amide bonds. The van der Waals surface area contributed by atoms with Gasteiger partial charge >= 0.3 is 5.97 Å². The van der Waals surface area contributed by atoms with Gasteiger partial charge in [0.2, 0.25) is 0 Å². The lowest BCUT2D eigenvalue weighted by molar-refractivity contribution is -0.153. The Morgan fingerprint density at radius 1 is 1.23 bits per heavy atom. The van der Waals surface area contributed by atoms with Gasteiger partial charge in [-0.2, -0.15) is 0 Å². The molecule has 0 bridgehead atoms. The highest BCUT2D eigenvalue weighted by Crippen LogP contribution is 2.22. The van der Waals surface area contributed by atoms with Gasteiger partial charge in [0.05, 0.1) is 17.2 Å². The molecule has 26 heavy (non-hydrogen) atoms. The summed E-state index contributed by atoms with van der Waals surface area (Å²) in [4.78, 5) is 28.0. The predicted octanol–water partition coefficient (Wildman–Crippen LogP) is 3.90. The number of ether oxygens (including phenoxy) is 2.